The lowest BCUT2D eigenvalue weighted by Crippen LogP contribution is -2.39. The molecule has 1 aliphatic heterocycles. The Bertz CT molecular complexity index is 123. The molecule has 72 valence electrons. The van der Waals surface area contributed by atoms with Crippen molar-refractivity contribution in [3.8, 4) is 0 Å². The molecule has 2 fully saturated rings. The van der Waals surface area contributed by atoms with Crippen molar-refractivity contribution < 1.29 is 0 Å². The molecule has 2 N–H and O–H groups in total. The number of hydrazine groups is 1. The Kier molecular flexibility index (Phi) is 4.02. The van der Waals surface area contributed by atoms with Crippen LogP contribution in [0.3, 0.4) is 0 Å². The van der Waals surface area contributed by atoms with E-state index in [2.05, 4.69) is 5.01 Å². The van der Waals surface area contributed by atoms with E-state index >= 15 is 0 Å². The molecule has 1 saturated heterocycles. The molecule has 12 heavy (non-hydrogen) atoms. The van der Waals surface area contributed by atoms with E-state index in [1.165, 1.54) is 32.1 Å². The second-order valence-electron chi connectivity index (χ2n) is 3.64. The first-order valence-electron chi connectivity index (χ1n) is 5.39. The van der Waals surface area contributed by atoms with E-state index in [1.807, 2.05) is 13.8 Å². The minimum atomic E-state index is 0.744. The summed E-state index contributed by atoms with van der Waals surface area (Å²) in [6.45, 7) is 5.13. The molecule has 2 heteroatoms. The highest BCUT2D eigenvalue weighted by atomic mass is 15.4. The standard InChI is InChI=1S/C8H16N2.C2H6/c9-10-6-5-7-3-1-2-4-8(7)10;1-2/h7-8H,1-6,9H2;1-2H3. The van der Waals surface area contributed by atoms with Crippen molar-refractivity contribution in [1.29, 1.82) is 0 Å². The summed E-state index contributed by atoms with van der Waals surface area (Å²) in [5.74, 6) is 6.77. The largest absolute Gasteiger partial charge is 0.269 e. The molecule has 1 saturated carbocycles. The first-order valence-corrected chi connectivity index (χ1v) is 5.39. The van der Waals surface area contributed by atoms with Crippen LogP contribution in [0.15, 0.2) is 0 Å². The van der Waals surface area contributed by atoms with Gasteiger partial charge in [-0.1, -0.05) is 26.7 Å². The summed E-state index contributed by atoms with van der Waals surface area (Å²) in [6, 6.07) is 0.744. The van der Waals surface area contributed by atoms with Crippen LogP contribution in [-0.4, -0.2) is 17.6 Å². The number of rotatable bonds is 0. The van der Waals surface area contributed by atoms with Gasteiger partial charge in [-0.25, -0.2) is 5.01 Å². The number of nitrogens with zero attached hydrogens (tertiary/aromatic N) is 1. The van der Waals surface area contributed by atoms with Crippen LogP contribution in [0.2, 0.25) is 0 Å². The lowest BCUT2D eigenvalue weighted by molar-refractivity contribution is 0.186. The lowest BCUT2D eigenvalue weighted by Gasteiger charge is -2.28. The van der Waals surface area contributed by atoms with Crippen molar-refractivity contribution >= 4 is 0 Å². The summed E-state index contributed by atoms with van der Waals surface area (Å²) in [5, 5.41) is 2.06. The van der Waals surface area contributed by atoms with Gasteiger partial charge < -0.3 is 0 Å². The first-order chi connectivity index (χ1) is 5.88. The van der Waals surface area contributed by atoms with Gasteiger partial charge in [0.05, 0.1) is 0 Å². The fourth-order valence-electron chi connectivity index (χ4n) is 2.44. The van der Waals surface area contributed by atoms with E-state index < -0.39 is 0 Å². The Morgan fingerprint density at radius 2 is 1.75 bits per heavy atom. The van der Waals surface area contributed by atoms with Crippen molar-refractivity contribution in [2.45, 2.75) is 52.0 Å². The maximum atomic E-state index is 5.82. The van der Waals surface area contributed by atoms with E-state index in [4.69, 9.17) is 5.84 Å². The fourth-order valence-corrected chi connectivity index (χ4v) is 2.44. The molecule has 2 atom stereocenters. The molecule has 1 heterocycles. The highest BCUT2D eigenvalue weighted by Gasteiger charge is 2.33. The maximum Gasteiger partial charge on any atom is 0.0269 e. The smallest absolute Gasteiger partial charge is 0.0269 e. The van der Waals surface area contributed by atoms with Gasteiger partial charge in [0.15, 0.2) is 0 Å². The van der Waals surface area contributed by atoms with Crippen molar-refractivity contribution in [3.63, 3.8) is 0 Å². The van der Waals surface area contributed by atoms with Crippen molar-refractivity contribution in [2.75, 3.05) is 6.54 Å². The van der Waals surface area contributed by atoms with E-state index in [0.717, 1.165) is 18.5 Å². The fraction of sp³-hybridized carbons (Fsp3) is 1.00. The third-order valence-electron chi connectivity index (χ3n) is 3.05. The topological polar surface area (TPSA) is 29.3 Å². The highest BCUT2D eigenvalue weighted by molar-refractivity contribution is 4.86. The number of fused-ring (bicyclic) bond motifs is 1. The average Bonchev–Trinajstić information content (AvgIpc) is 2.53. The molecule has 0 bridgehead atoms. The van der Waals surface area contributed by atoms with Crippen LogP contribution >= 0.6 is 0 Å². The van der Waals surface area contributed by atoms with Gasteiger partial charge in [0, 0.05) is 12.6 Å². The van der Waals surface area contributed by atoms with Gasteiger partial charge >= 0.3 is 0 Å². The molecule has 0 spiro atoms. The highest BCUT2D eigenvalue weighted by Crippen LogP contribution is 2.33. The third kappa shape index (κ3) is 1.99. The van der Waals surface area contributed by atoms with Crippen LogP contribution in [-0.2, 0) is 0 Å². The van der Waals surface area contributed by atoms with Crippen molar-refractivity contribution in [1.82, 2.24) is 5.01 Å². The minimum absolute atomic E-state index is 0.744. The molecule has 1 aliphatic carbocycles. The van der Waals surface area contributed by atoms with Crippen LogP contribution in [0.1, 0.15) is 46.0 Å². The van der Waals surface area contributed by atoms with Crippen LogP contribution in [0.4, 0.5) is 0 Å². The summed E-state index contributed by atoms with van der Waals surface area (Å²) in [4.78, 5) is 0. The molecule has 2 unspecified atom stereocenters. The van der Waals surface area contributed by atoms with Gasteiger partial charge in [-0.2, -0.15) is 0 Å². The molecule has 0 radical (unpaired) electrons. The molecule has 2 aliphatic rings. The molecule has 0 aromatic rings. The van der Waals surface area contributed by atoms with E-state index in [9.17, 15) is 0 Å². The summed E-state index contributed by atoms with van der Waals surface area (Å²) in [6.07, 6.45) is 6.96. The van der Waals surface area contributed by atoms with Gasteiger partial charge in [-0.15, -0.1) is 0 Å². The Morgan fingerprint density at radius 1 is 1.08 bits per heavy atom. The van der Waals surface area contributed by atoms with Crippen LogP contribution in [0, 0.1) is 5.92 Å². The first kappa shape index (κ1) is 10.0. The average molecular weight is 170 g/mol. The quantitative estimate of drug-likeness (QED) is 0.564. The number of hydrogen-bond acceptors (Lipinski definition) is 2. The van der Waals surface area contributed by atoms with Gasteiger partial charge in [0.25, 0.3) is 0 Å². The molecule has 0 aromatic carbocycles. The predicted molar refractivity (Wildman–Crippen MR) is 52.6 cm³/mol. The molecule has 2 rings (SSSR count). The molecule has 0 aromatic heterocycles. The second kappa shape index (κ2) is 4.83. The van der Waals surface area contributed by atoms with Gasteiger partial charge in [0.1, 0.15) is 0 Å². The predicted octanol–water partition coefficient (Wildman–Crippen LogP) is 2.15. The second-order valence-corrected chi connectivity index (χ2v) is 3.64. The Labute approximate surface area is 76.1 Å². The van der Waals surface area contributed by atoms with Gasteiger partial charge in [-0.3, -0.25) is 5.84 Å². The zero-order valence-corrected chi connectivity index (χ0v) is 8.42. The number of nitrogens with two attached hydrogens (primary N) is 1. The molecular formula is C10H22N2. The monoisotopic (exact) mass is 170 g/mol. The van der Waals surface area contributed by atoms with Crippen molar-refractivity contribution in [3.05, 3.63) is 0 Å². The third-order valence-corrected chi connectivity index (χ3v) is 3.05. The number of hydrogen-bond donors (Lipinski definition) is 1. The zero-order valence-electron chi connectivity index (χ0n) is 8.42. The molecule has 0 amide bonds. The van der Waals surface area contributed by atoms with Crippen LogP contribution in [0.5, 0.6) is 0 Å². The molecular weight excluding hydrogens is 148 g/mol. The maximum absolute atomic E-state index is 5.82. The SMILES string of the molecule is CC.NN1CCC2CCCCC21. The summed E-state index contributed by atoms with van der Waals surface area (Å²) >= 11 is 0. The Morgan fingerprint density at radius 3 is 2.42 bits per heavy atom. The Hall–Kier alpha value is -0.0800. The van der Waals surface area contributed by atoms with Crippen molar-refractivity contribution in [2.24, 2.45) is 11.8 Å². The summed E-state index contributed by atoms with van der Waals surface area (Å²) in [5.41, 5.74) is 0. The molecule has 2 nitrogen and oxygen atoms in total. The normalized spacial score (nSPS) is 35.2. The Balaban J connectivity index is 0.000000336. The summed E-state index contributed by atoms with van der Waals surface area (Å²) < 4.78 is 0. The zero-order chi connectivity index (χ0) is 8.97. The minimum Gasteiger partial charge on any atom is -0.269 e. The van der Waals surface area contributed by atoms with E-state index in [0.29, 0.717) is 0 Å². The van der Waals surface area contributed by atoms with E-state index in [-0.39, 0.29) is 0 Å². The lowest BCUT2D eigenvalue weighted by atomic mass is 9.85. The van der Waals surface area contributed by atoms with Crippen LogP contribution < -0.4 is 5.84 Å². The van der Waals surface area contributed by atoms with Gasteiger partial charge in [-0.05, 0) is 25.2 Å². The van der Waals surface area contributed by atoms with E-state index in [1.54, 1.807) is 0 Å². The van der Waals surface area contributed by atoms with Crippen LogP contribution in [0.25, 0.3) is 0 Å². The van der Waals surface area contributed by atoms with Gasteiger partial charge in [0.2, 0.25) is 0 Å². The summed E-state index contributed by atoms with van der Waals surface area (Å²) in [7, 11) is 0.